The number of hydrazine groups is 1. The molecule has 1 aliphatic rings. The molecule has 1 saturated heterocycles. The summed E-state index contributed by atoms with van der Waals surface area (Å²) in [4.78, 5) is 13.6. The maximum atomic E-state index is 11.3. The highest BCUT2D eigenvalue weighted by Crippen LogP contribution is 2.15. The zero-order chi connectivity index (χ0) is 13.0. The van der Waals surface area contributed by atoms with E-state index in [1.807, 2.05) is 0 Å². The molecule has 0 unspecified atom stereocenters. The Bertz CT molecular complexity index is 399. The van der Waals surface area contributed by atoms with Crippen molar-refractivity contribution in [1.29, 1.82) is 0 Å². The summed E-state index contributed by atoms with van der Waals surface area (Å²) in [5, 5.41) is 3.34. The molecule has 6 nitrogen and oxygen atoms in total. The van der Waals surface area contributed by atoms with Crippen LogP contribution >= 0.6 is 0 Å². The van der Waals surface area contributed by atoms with Crippen LogP contribution in [-0.2, 0) is 6.54 Å². The molecular weight excluding hydrogens is 232 g/mol. The van der Waals surface area contributed by atoms with E-state index in [1.54, 1.807) is 6.07 Å². The first-order valence-corrected chi connectivity index (χ1v) is 6.20. The molecule has 1 fully saturated rings. The van der Waals surface area contributed by atoms with Crippen molar-refractivity contribution in [3.8, 4) is 0 Å². The Morgan fingerprint density at radius 1 is 1.61 bits per heavy atom. The molecule has 0 aliphatic carbocycles. The van der Waals surface area contributed by atoms with E-state index in [9.17, 15) is 4.79 Å². The van der Waals surface area contributed by atoms with Crippen LogP contribution in [0.3, 0.4) is 0 Å². The molecule has 0 bridgehead atoms. The highest BCUT2D eigenvalue weighted by atomic mass is 16.3. The molecule has 0 spiro atoms. The summed E-state index contributed by atoms with van der Waals surface area (Å²) in [6.07, 6.45) is 3.73. The van der Waals surface area contributed by atoms with Crippen LogP contribution in [0.5, 0.6) is 0 Å². The van der Waals surface area contributed by atoms with Gasteiger partial charge in [-0.15, -0.1) is 0 Å². The largest absolute Gasteiger partial charge is 0.467 e. The average Bonchev–Trinajstić information content (AvgIpc) is 2.87. The number of hydrogen-bond acceptors (Lipinski definition) is 5. The number of nitrogens with two attached hydrogens (primary N) is 1. The molecule has 0 radical (unpaired) electrons. The van der Waals surface area contributed by atoms with Gasteiger partial charge in [-0.2, -0.15) is 0 Å². The van der Waals surface area contributed by atoms with E-state index >= 15 is 0 Å². The SMILES string of the molecule is CN(Cc1cc(C(=O)NN)co1)C1CCNCC1. The van der Waals surface area contributed by atoms with Gasteiger partial charge in [0.1, 0.15) is 12.0 Å². The number of furan rings is 1. The lowest BCUT2D eigenvalue weighted by molar-refractivity contribution is 0.0953. The number of hydrogen-bond donors (Lipinski definition) is 3. The number of rotatable bonds is 4. The van der Waals surface area contributed by atoms with Crippen LogP contribution in [0.2, 0.25) is 0 Å². The second-order valence-electron chi connectivity index (χ2n) is 4.67. The predicted octanol–water partition coefficient (Wildman–Crippen LogP) is 0.0669. The van der Waals surface area contributed by atoms with Gasteiger partial charge >= 0.3 is 0 Å². The van der Waals surface area contributed by atoms with Gasteiger partial charge in [-0.05, 0) is 39.0 Å². The van der Waals surface area contributed by atoms with Crippen LogP contribution in [0.15, 0.2) is 16.7 Å². The van der Waals surface area contributed by atoms with E-state index in [-0.39, 0.29) is 5.91 Å². The van der Waals surface area contributed by atoms with Crippen molar-refractivity contribution in [3.05, 3.63) is 23.7 Å². The second-order valence-corrected chi connectivity index (χ2v) is 4.67. The van der Waals surface area contributed by atoms with E-state index in [1.165, 1.54) is 6.26 Å². The molecular formula is C12H20N4O2. The molecule has 1 aromatic rings. The molecule has 2 heterocycles. The topological polar surface area (TPSA) is 83.5 Å². The molecule has 1 aliphatic heterocycles. The quantitative estimate of drug-likeness (QED) is 0.401. The van der Waals surface area contributed by atoms with E-state index in [0.717, 1.165) is 31.7 Å². The van der Waals surface area contributed by atoms with Crippen LogP contribution in [-0.4, -0.2) is 37.0 Å². The third-order valence-corrected chi connectivity index (χ3v) is 3.38. The fourth-order valence-electron chi connectivity index (χ4n) is 2.29. The fraction of sp³-hybridized carbons (Fsp3) is 0.583. The van der Waals surface area contributed by atoms with Gasteiger partial charge in [-0.1, -0.05) is 0 Å². The minimum Gasteiger partial charge on any atom is -0.467 e. The van der Waals surface area contributed by atoms with Gasteiger partial charge in [0.2, 0.25) is 0 Å². The van der Waals surface area contributed by atoms with Gasteiger partial charge in [0, 0.05) is 6.04 Å². The molecule has 100 valence electrons. The lowest BCUT2D eigenvalue weighted by Crippen LogP contribution is -2.40. The number of piperidine rings is 1. The van der Waals surface area contributed by atoms with Gasteiger partial charge in [0.25, 0.3) is 5.91 Å². The first kappa shape index (κ1) is 13.1. The van der Waals surface area contributed by atoms with Crippen molar-refractivity contribution in [3.63, 3.8) is 0 Å². The van der Waals surface area contributed by atoms with Gasteiger partial charge < -0.3 is 9.73 Å². The smallest absolute Gasteiger partial charge is 0.268 e. The molecule has 18 heavy (non-hydrogen) atoms. The van der Waals surface area contributed by atoms with E-state index in [2.05, 4.69) is 22.7 Å². The Balaban J connectivity index is 1.92. The lowest BCUT2D eigenvalue weighted by Gasteiger charge is -2.30. The Morgan fingerprint density at radius 3 is 3.00 bits per heavy atom. The van der Waals surface area contributed by atoms with Crippen molar-refractivity contribution in [2.45, 2.75) is 25.4 Å². The summed E-state index contributed by atoms with van der Waals surface area (Å²) in [7, 11) is 2.08. The van der Waals surface area contributed by atoms with Gasteiger partial charge in [0.15, 0.2) is 0 Å². The summed E-state index contributed by atoms with van der Waals surface area (Å²) in [6, 6.07) is 2.31. The Morgan fingerprint density at radius 2 is 2.33 bits per heavy atom. The third-order valence-electron chi connectivity index (χ3n) is 3.38. The normalized spacial score (nSPS) is 17.1. The maximum Gasteiger partial charge on any atom is 0.268 e. The summed E-state index contributed by atoms with van der Waals surface area (Å²) < 4.78 is 5.38. The Kier molecular flexibility index (Phi) is 4.35. The number of nitrogen functional groups attached to an aromatic ring is 1. The fourth-order valence-corrected chi connectivity index (χ4v) is 2.29. The zero-order valence-electron chi connectivity index (χ0n) is 10.6. The van der Waals surface area contributed by atoms with Crippen molar-refractivity contribution < 1.29 is 9.21 Å². The van der Waals surface area contributed by atoms with E-state index in [4.69, 9.17) is 10.3 Å². The zero-order valence-corrected chi connectivity index (χ0v) is 10.6. The molecule has 1 amide bonds. The average molecular weight is 252 g/mol. The molecule has 4 N–H and O–H groups in total. The van der Waals surface area contributed by atoms with Crippen molar-refractivity contribution in [1.82, 2.24) is 15.6 Å². The number of carbonyl (C=O) groups excluding carboxylic acids is 1. The van der Waals surface area contributed by atoms with Crippen LogP contribution in [0.1, 0.15) is 29.0 Å². The minimum atomic E-state index is -0.325. The first-order valence-electron chi connectivity index (χ1n) is 6.20. The van der Waals surface area contributed by atoms with Crippen molar-refractivity contribution >= 4 is 5.91 Å². The monoisotopic (exact) mass is 252 g/mol. The molecule has 6 heteroatoms. The van der Waals surface area contributed by atoms with Crippen LogP contribution in [0.4, 0.5) is 0 Å². The molecule has 1 aromatic heterocycles. The minimum absolute atomic E-state index is 0.325. The molecule has 0 aromatic carbocycles. The second kappa shape index (κ2) is 5.99. The number of carbonyl (C=O) groups is 1. The van der Waals surface area contributed by atoms with Gasteiger partial charge in [0.05, 0.1) is 12.1 Å². The van der Waals surface area contributed by atoms with Crippen LogP contribution in [0.25, 0.3) is 0 Å². The summed E-state index contributed by atoms with van der Waals surface area (Å²) in [5.74, 6) is 5.54. The number of nitrogens with zero attached hydrogens (tertiary/aromatic N) is 1. The lowest BCUT2D eigenvalue weighted by atomic mass is 10.1. The molecule has 0 atom stereocenters. The van der Waals surface area contributed by atoms with Gasteiger partial charge in [-0.25, -0.2) is 5.84 Å². The summed E-state index contributed by atoms with van der Waals surface area (Å²) in [5.41, 5.74) is 2.55. The molecule has 2 rings (SSSR count). The third kappa shape index (κ3) is 3.10. The van der Waals surface area contributed by atoms with Crippen LogP contribution < -0.4 is 16.6 Å². The van der Waals surface area contributed by atoms with E-state index in [0.29, 0.717) is 18.2 Å². The number of amides is 1. The highest BCUT2D eigenvalue weighted by molar-refractivity contribution is 5.93. The van der Waals surface area contributed by atoms with E-state index < -0.39 is 0 Å². The standard InChI is InChI=1S/C12H20N4O2/c1-16(10-2-4-14-5-3-10)7-11-6-9(8-18-11)12(17)15-13/h6,8,10,14H,2-5,7,13H2,1H3,(H,15,17). The van der Waals surface area contributed by atoms with Crippen molar-refractivity contribution in [2.24, 2.45) is 5.84 Å². The predicted molar refractivity (Wildman–Crippen MR) is 67.7 cm³/mol. The first-order chi connectivity index (χ1) is 8.70. The van der Waals surface area contributed by atoms with Crippen molar-refractivity contribution in [2.75, 3.05) is 20.1 Å². The van der Waals surface area contributed by atoms with Crippen LogP contribution in [0, 0.1) is 0 Å². The summed E-state index contributed by atoms with van der Waals surface area (Å²) in [6.45, 7) is 2.84. The summed E-state index contributed by atoms with van der Waals surface area (Å²) >= 11 is 0. The molecule has 0 saturated carbocycles. The van der Waals surface area contributed by atoms with Gasteiger partial charge in [-0.3, -0.25) is 15.1 Å². The highest BCUT2D eigenvalue weighted by Gasteiger charge is 2.19. The number of nitrogens with one attached hydrogen (secondary N) is 2. The Hall–Kier alpha value is -1.37. The Labute approximate surface area is 106 Å². The maximum absolute atomic E-state index is 11.3.